The first-order valence-electron chi connectivity index (χ1n) is 6.35. The van der Waals surface area contributed by atoms with Gasteiger partial charge in [0, 0.05) is 6.08 Å². The molecule has 5 heteroatoms. The van der Waals surface area contributed by atoms with Crippen LogP contribution in [-0.2, 0) is 6.61 Å². The Bertz CT molecular complexity index is 635. The van der Waals surface area contributed by atoms with Crippen LogP contribution in [0.25, 0.3) is 6.08 Å². The normalized spacial score (nSPS) is 10.5. The zero-order valence-electron chi connectivity index (χ0n) is 11.6. The fraction of sp³-hybridized carbons (Fsp3) is 0.125. The van der Waals surface area contributed by atoms with Gasteiger partial charge in [0.2, 0.25) is 6.20 Å². The van der Waals surface area contributed by atoms with Crippen LogP contribution in [0.2, 0.25) is 0 Å². The Morgan fingerprint density at radius 1 is 1.14 bits per heavy atom. The highest BCUT2D eigenvalue weighted by molar-refractivity contribution is 5.50. The highest BCUT2D eigenvalue weighted by Crippen LogP contribution is 2.17. The summed E-state index contributed by atoms with van der Waals surface area (Å²) in [6, 6.07) is 14.7. The summed E-state index contributed by atoms with van der Waals surface area (Å²) in [7, 11) is 1.62. The third kappa shape index (κ3) is 4.65. The van der Waals surface area contributed by atoms with Gasteiger partial charge < -0.3 is 9.47 Å². The largest absolute Gasteiger partial charge is 0.497 e. The molecular formula is C16H15NO4. The van der Waals surface area contributed by atoms with Gasteiger partial charge in [-0.15, -0.1) is 0 Å². The van der Waals surface area contributed by atoms with Crippen molar-refractivity contribution in [1.29, 1.82) is 0 Å². The number of benzene rings is 2. The van der Waals surface area contributed by atoms with Crippen molar-refractivity contribution in [2.45, 2.75) is 6.61 Å². The lowest BCUT2D eigenvalue weighted by Gasteiger charge is -2.07. The van der Waals surface area contributed by atoms with Crippen molar-refractivity contribution in [2.24, 2.45) is 0 Å². The topological polar surface area (TPSA) is 61.6 Å². The van der Waals surface area contributed by atoms with E-state index < -0.39 is 4.92 Å². The van der Waals surface area contributed by atoms with Gasteiger partial charge in [0.25, 0.3) is 0 Å². The Morgan fingerprint density at radius 2 is 1.90 bits per heavy atom. The zero-order chi connectivity index (χ0) is 15.1. The Kier molecular flexibility index (Phi) is 4.93. The predicted octanol–water partition coefficient (Wildman–Crippen LogP) is 3.52. The van der Waals surface area contributed by atoms with Crippen molar-refractivity contribution in [3.05, 3.63) is 76.0 Å². The van der Waals surface area contributed by atoms with E-state index >= 15 is 0 Å². The van der Waals surface area contributed by atoms with Crippen molar-refractivity contribution in [3.63, 3.8) is 0 Å². The van der Waals surface area contributed by atoms with Gasteiger partial charge in [0.1, 0.15) is 18.1 Å². The molecule has 108 valence electrons. The Hall–Kier alpha value is -2.82. The molecule has 0 saturated heterocycles. The molecule has 0 saturated carbocycles. The molecule has 0 unspecified atom stereocenters. The summed E-state index contributed by atoms with van der Waals surface area (Å²) < 4.78 is 10.8. The van der Waals surface area contributed by atoms with E-state index in [2.05, 4.69) is 0 Å². The van der Waals surface area contributed by atoms with Crippen molar-refractivity contribution >= 4 is 6.08 Å². The molecule has 5 nitrogen and oxygen atoms in total. The fourth-order valence-corrected chi connectivity index (χ4v) is 1.74. The molecule has 0 aliphatic heterocycles. The number of methoxy groups -OCH3 is 1. The molecule has 2 rings (SSSR count). The van der Waals surface area contributed by atoms with Crippen LogP contribution in [-0.4, -0.2) is 12.0 Å². The van der Waals surface area contributed by atoms with E-state index in [0.717, 1.165) is 23.1 Å². The first kappa shape index (κ1) is 14.6. The summed E-state index contributed by atoms with van der Waals surface area (Å²) in [4.78, 5) is 9.80. The maximum Gasteiger partial charge on any atom is 0.235 e. The molecule has 0 amide bonds. The molecule has 2 aromatic carbocycles. The second kappa shape index (κ2) is 7.09. The van der Waals surface area contributed by atoms with E-state index in [1.54, 1.807) is 25.3 Å². The van der Waals surface area contributed by atoms with E-state index in [1.165, 1.54) is 6.08 Å². The summed E-state index contributed by atoms with van der Waals surface area (Å²) in [6.07, 6.45) is 2.34. The average Bonchev–Trinajstić information content (AvgIpc) is 2.52. The Labute approximate surface area is 122 Å². The first-order chi connectivity index (χ1) is 10.2. The van der Waals surface area contributed by atoms with E-state index in [9.17, 15) is 10.1 Å². The molecule has 0 radical (unpaired) electrons. The minimum absolute atomic E-state index is 0.423. The monoisotopic (exact) mass is 285 g/mol. The molecule has 0 heterocycles. The number of nitro groups is 1. The number of ether oxygens (including phenoxy) is 2. The van der Waals surface area contributed by atoms with Gasteiger partial charge in [-0.2, -0.15) is 0 Å². The van der Waals surface area contributed by atoms with Gasteiger partial charge >= 0.3 is 0 Å². The van der Waals surface area contributed by atoms with Crippen LogP contribution in [0, 0.1) is 10.1 Å². The van der Waals surface area contributed by atoms with Crippen molar-refractivity contribution < 1.29 is 14.4 Å². The molecule has 0 fully saturated rings. The van der Waals surface area contributed by atoms with Crippen LogP contribution in [0.5, 0.6) is 11.5 Å². The van der Waals surface area contributed by atoms with Crippen molar-refractivity contribution in [3.8, 4) is 11.5 Å². The lowest BCUT2D eigenvalue weighted by atomic mass is 10.2. The van der Waals surface area contributed by atoms with Gasteiger partial charge in [-0.25, -0.2) is 0 Å². The van der Waals surface area contributed by atoms with Gasteiger partial charge in [0.15, 0.2) is 0 Å². The average molecular weight is 285 g/mol. The lowest BCUT2D eigenvalue weighted by molar-refractivity contribution is -0.400. The highest BCUT2D eigenvalue weighted by Gasteiger charge is 1.99. The molecular weight excluding hydrogens is 270 g/mol. The van der Waals surface area contributed by atoms with Gasteiger partial charge in [-0.05, 0) is 35.4 Å². The molecule has 0 atom stereocenters. The summed E-state index contributed by atoms with van der Waals surface area (Å²) in [6.45, 7) is 0.423. The summed E-state index contributed by atoms with van der Waals surface area (Å²) in [5, 5.41) is 10.3. The second-order valence-electron chi connectivity index (χ2n) is 4.31. The summed E-state index contributed by atoms with van der Waals surface area (Å²) >= 11 is 0. The van der Waals surface area contributed by atoms with Crippen LogP contribution in [0.15, 0.2) is 54.7 Å². The standard InChI is InChI=1S/C16H15NO4/c1-20-15-7-5-14(6-8-15)12-21-16-4-2-3-13(11-16)9-10-17(18)19/h2-11H,12H2,1H3/b10-9+. The first-order valence-corrected chi connectivity index (χ1v) is 6.35. The maximum absolute atomic E-state index is 10.3. The van der Waals surface area contributed by atoms with Crippen molar-refractivity contribution in [1.82, 2.24) is 0 Å². The second-order valence-corrected chi connectivity index (χ2v) is 4.31. The number of hydrogen-bond donors (Lipinski definition) is 0. The van der Waals surface area contributed by atoms with Crippen LogP contribution >= 0.6 is 0 Å². The summed E-state index contributed by atoms with van der Waals surface area (Å²) in [5.41, 5.74) is 1.74. The number of nitrogens with zero attached hydrogens (tertiary/aromatic N) is 1. The predicted molar refractivity (Wildman–Crippen MR) is 79.8 cm³/mol. The Balaban J connectivity index is 1.99. The molecule has 0 aliphatic carbocycles. The molecule has 2 aromatic rings. The van der Waals surface area contributed by atoms with Crippen LogP contribution < -0.4 is 9.47 Å². The quantitative estimate of drug-likeness (QED) is 0.601. The van der Waals surface area contributed by atoms with Gasteiger partial charge in [-0.1, -0.05) is 24.3 Å². The van der Waals surface area contributed by atoms with Crippen molar-refractivity contribution in [2.75, 3.05) is 7.11 Å². The Morgan fingerprint density at radius 3 is 2.57 bits per heavy atom. The SMILES string of the molecule is COc1ccc(COc2cccc(/C=C/[N+](=O)[O-])c2)cc1. The third-order valence-electron chi connectivity index (χ3n) is 2.81. The van der Waals surface area contributed by atoms with Gasteiger partial charge in [0.05, 0.1) is 12.0 Å². The van der Waals surface area contributed by atoms with E-state index in [-0.39, 0.29) is 0 Å². The van der Waals surface area contributed by atoms with Gasteiger partial charge in [-0.3, -0.25) is 10.1 Å². The highest BCUT2D eigenvalue weighted by atomic mass is 16.6. The fourth-order valence-electron chi connectivity index (χ4n) is 1.74. The maximum atomic E-state index is 10.3. The summed E-state index contributed by atoms with van der Waals surface area (Å²) in [5.74, 6) is 1.46. The minimum Gasteiger partial charge on any atom is -0.497 e. The molecule has 21 heavy (non-hydrogen) atoms. The molecule has 0 bridgehead atoms. The molecule has 0 aromatic heterocycles. The van der Waals surface area contributed by atoms with E-state index in [0.29, 0.717) is 12.4 Å². The molecule has 0 spiro atoms. The lowest BCUT2D eigenvalue weighted by Crippen LogP contribution is -1.95. The van der Waals surface area contributed by atoms with Crippen LogP contribution in [0.3, 0.4) is 0 Å². The molecule has 0 N–H and O–H groups in total. The number of rotatable bonds is 6. The van der Waals surface area contributed by atoms with E-state index in [4.69, 9.17) is 9.47 Å². The van der Waals surface area contributed by atoms with E-state index in [1.807, 2.05) is 30.3 Å². The smallest absolute Gasteiger partial charge is 0.235 e. The zero-order valence-corrected chi connectivity index (χ0v) is 11.6. The number of hydrogen-bond acceptors (Lipinski definition) is 4. The van der Waals surface area contributed by atoms with Crippen LogP contribution in [0.1, 0.15) is 11.1 Å². The van der Waals surface area contributed by atoms with Crippen LogP contribution in [0.4, 0.5) is 0 Å². The minimum atomic E-state index is -0.495. The molecule has 0 aliphatic rings. The third-order valence-corrected chi connectivity index (χ3v) is 2.81.